The van der Waals surface area contributed by atoms with E-state index in [2.05, 4.69) is 76.2 Å². The fourth-order valence-corrected chi connectivity index (χ4v) is 8.49. The van der Waals surface area contributed by atoms with Gasteiger partial charge in [-0.05, 0) is 106 Å². The average molecular weight is 649 g/mol. The van der Waals surface area contributed by atoms with E-state index in [1.807, 2.05) is 97.1 Å². The highest BCUT2D eigenvalue weighted by molar-refractivity contribution is 6.09. The van der Waals surface area contributed by atoms with Crippen LogP contribution in [0.1, 0.15) is 38.9 Å². The lowest BCUT2D eigenvalue weighted by atomic mass is 9.64. The lowest BCUT2D eigenvalue weighted by Crippen LogP contribution is -2.36. The van der Waals surface area contributed by atoms with Crippen LogP contribution >= 0.6 is 0 Å². The van der Waals surface area contributed by atoms with Crippen molar-refractivity contribution in [2.45, 2.75) is 5.41 Å². The minimum atomic E-state index is -0.781. The SMILES string of the molecule is N#Cc1ccc2c(c1)C1(c3cc(C#N)ccc3-2)c2ccccc2N(c2cccc(-n3c4ccccc4c4cc(C#N)ccc43)n2)c2ccccc21. The molecular formula is C45H24N6. The van der Waals surface area contributed by atoms with Crippen LogP contribution in [-0.2, 0) is 5.41 Å². The van der Waals surface area contributed by atoms with E-state index < -0.39 is 5.41 Å². The monoisotopic (exact) mass is 648 g/mol. The molecule has 0 unspecified atom stereocenters. The fourth-order valence-electron chi connectivity index (χ4n) is 8.49. The smallest absolute Gasteiger partial charge is 0.140 e. The maximum absolute atomic E-state index is 10.1. The topological polar surface area (TPSA) is 92.4 Å². The predicted octanol–water partition coefficient (Wildman–Crippen LogP) is 9.94. The van der Waals surface area contributed by atoms with E-state index in [9.17, 15) is 15.8 Å². The molecule has 8 aromatic rings. The van der Waals surface area contributed by atoms with Gasteiger partial charge in [0.15, 0.2) is 0 Å². The lowest BCUT2D eigenvalue weighted by Gasteiger charge is -2.44. The normalized spacial score (nSPS) is 13.2. The molecule has 51 heavy (non-hydrogen) atoms. The van der Waals surface area contributed by atoms with Gasteiger partial charge in [-0.3, -0.25) is 9.47 Å². The summed E-state index contributed by atoms with van der Waals surface area (Å²) in [6, 6.07) is 55.8. The zero-order chi connectivity index (χ0) is 34.3. The number of fused-ring (bicyclic) bond motifs is 12. The van der Waals surface area contributed by atoms with Gasteiger partial charge in [-0.15, -0.1) is 0 Å². The van der Waals surface area contributed by atoms with Crippen molar-refractivity contribution in [1.82, 2.24) is 9.55 Å². The average Bonchev–Trinajstić information content (AvgIpc) is 3.67. The Balaban J connectivity index is 1.26. The van der Waals surface area contributed by atoms with E-state index >= 15 is 0 Å². The summed E-state index contributed by atoms with van der Waals surface area (Å²) in [5.74, 6) is 1.50. The number of para-hydroxylation sites is 3. The highest BCUT2D eigenvalue weighted by Gasteiger charge is 2.52. The van der Waals surface area contributed by atoms with Gasteiger partial charge in [0.1, 0.15) is 11.6 Å². The quantitative estimate of drug-likeness (QED) is 0.186. The predicted molar refractivity (Wildman–Crippen MR) is 198 cm³/mol. The summed E-state index contributed by atoms with van der Waals surface area (Å²) >= 11 is 0. The van der Waals surface area contributed by atoms with Crippen molar-refractivity contribution in [3.63, 3.8) is 0 Å². The van der Waals surface area contributed by atoms with E-state index in [1.165, 1.54) is 0 Å². The standard InChI is InChI=1S/C45H24N6/c46-25-28-18-21-40-34(22-28)33-8-1-4-11-39(33)50(40)43-14-7-15-44(49-43)51-41-12-5-2-9-35(41)45(36-10-3-6-13-42(36)51)37-23-29(26-47)16-19-31(37)32-20-17-30(27-48)24-38(32)45/h1-24H. The van der Waals surface area contributed by atoms with Crippen molar-refractivity contribution in [2.24, 2.45) is 0 Å². The van der Waals surface area contributed by atoms with Crippen LogP contribution < -0.4 is 4.90 Å². The first-order valence-electron chi connectivity index (χ1n) is 16.6. The van der Waals surface area contributed by atoms with Gasteiger partial charge >= 0.3 is 0 Å². The Bertz CT molecular complexity index is 2820. The highest BCUT2D eigenvalue weighted by atomic mass is 15.2. The molecule has 0 fully saturated rings. The number of pyridine rings is 1. The molecule has 0 atom stereocenters. The van der Waals surface area contributed by atoms with Crippen LogP contribution in [-0.4, -0.2) is 9.55 Å². The molecule has 1 aliphatic carbocycles. The zero-order valence-corrected chi connectivity index (χ0v) is 27.0. The molecule has 0 amide bonds. The summed E-state index contributed by atoms with van der Waals surface area (Å²) in [6.07, 6.45) is 0. The molecule has 6 aromatic carbocycles. The first kappa shape index (κ1) is 28.5. The molecule has 1 spiro atoms. The van der Waals surface area contributed by atoms with Crippen molar-refractivity contribution >= 4 is 39.0 Å². The molecule has 0 N–H and O–H groups in total. The molecule has 6 heteroatoms. The van der Waals surface area contributed by atoms with Gasteiger partial charge in [0, 0.05) is 10.8 Å². The number of hydrogen-bond donors (Lipinski definition) is 0. The molecule has 2 aromatic heterocycles. The second kappa shape index (κ2) is 10.5. The minimum Gasteiger partial charge on any atom is -0.294 e. The molecule has 234 valence electrons. The number of nitriles is 3. The molecule has 1 aliphatic heterocycles. The summed E-state index contributed by atoms with van der Waals surface area (Å²) in [5.41, 5.74) is 11.1. The van der Waals surface area contributed by atoms with Crippen molar-refractivity contribution < 1.29 is 0 Å². The molecule has 0 saturated heterocycles. The summed E-state index contributed by atoms with van der Waals surface area (Å²) in [6.45, 7) is 0. The third-order valence-electron chi connectivity index (χ3n) is 10.5. The molecule has 2 aliphatic rings. The van der Waals surface area contributed by atoms with Crippen LogP contribution in [0.15, 0.2) is 146 Å². The van der Waals surface area contributed by atoms with E-state index in [0.29, 0.717) is 16.7 Å². The number of aromatic nitrogens is 2. The van der Waals surface area contributed by atoms with Crippen molar-refractivity contribution in [3.05, 3.63) is 185 Å². The van der Waals surface area contributed by atoms with Gasteiger partial charge in [-0.25, -0.2) is 4.98 Å². The van der Waals surface area contributed by atoms with E-state index in [4.69, 9.17) is 4.98 Å². The maximum Gasteiger partial charge on any atom is 0.140 e. The first-order chi connectivity index (χ1) is 25.1. The van der Waals surface area contributed by atoms with Gasteiger partial charge in [-0.1, -0.05) is 72.8 Å². The molecule has 0 saturated carbocycles. The minimum absolute atomic E-state index is 0.585. The lowest BCUT2D eigenvalue weighted by molar-refractivity contribution is 0.750. The van der Waals surface area contributed by atoms with Gasteiger partial charge in [-0.2, -0.15) is 15.8 Å². The Morgan fingerprint density at radius 1 is 0.451 bits per heavy atom. The number of anilines is 3. The molecule has 6 nitrogen and oxygen atoms in total. The molecular weight excluding hydrogens is 625 g/mol. The van der Waals surface area contributed by atoms with Crippen LogP contribution in [0, 0.1) is 34.0 Å². The van der Waals surface area contributed by atoms with Crippen LogP contribution in [0.5, 0.6) is 0 Å². The largest absolute Gasteiger partial charge is 0.294 e. The van der Waals surface area contributed by atoms with Crippen molar-refractivity contribution in [2.75, 3.05) is 4.90 Å². The second-order valence-electron chi connectivity index (χ2n) is 12.9. The van der Waals surface area contributed by atoms with Crippen LogP contribution in [0.25, 0.3) is 38.8 Å². The van der Waals surface area contributed by atoms with Gasteiger partial charge < -0.3 is 0 Å². The number of hydrogen-bond acceptors (Lipinski definition) is 5. The Kier molecular flexibility index (Phi) is 5.89. The third-order valence-corrected chi connectivity index (χ3v) is 10.5. The van der Waals surface area contributed by atoms with Gasteiger partial charge in [0.25, 0.3) is 0 Å². The summed E-state index contributed by atoms with van der Waals surface area (Å²) < 4.78 is 2.16. The molecule has 0 radical (unpaired) electrons. The molecule has 10 rings (SSSR count). The van der Waals surface area contributed by atoms with E-state index in [0.717, 1.165) is 78.2 Å². The fraction of sp³-hybridized carbons (Fsp3) is 0.0222. The number of benzene rings is 6. The Morgan fingerprint density at radius 2 is 0.980 bits per heavy atom. The molecule has 3 heterocycles. The van der Waals surface area contributed by atoms with E-state index in [1.54, 1.807) is 0 Å². The first-order valence-corrected chi connectivity index (χ1v) is 16.6. The van der Waals surface area contributed by atoms with Crippen molar-refractivity contribution in [1.29, 1.82) is 15.8 Å². The second-order valence-corrected chi connectivity index (χ2v) is 12.9. The summed E-state index contributed by atoms with van der Waals surface area (Å²) in [7, 11) is 0. The van der Waals surface area contributed by atoms with Crippen LogP contribution in [0.2, 0.25) is 0 Å². The summed E-state index contributed by atoms with van der Waals surface area (Å²) in [4.78, 5) is 7.60. The summed E-state index contributed by atoms with van der Waals surface area (Å²) in [5, 5.41) is 31.9. The Hall–Kier alpha value is -7.46. The zero-order valence-electron chi connectivity index (χ0n) is 27.0. The number of rotatable bonds is 2. The Morgan fingerprint density at radius 3 is 1.63 bits per heavy atom. The maximum atomic E-state index is 10.1. The van der Waals surface area contributed by atoms with Crippen LogP contribution in [0.3, 0.4) is 0 Å². The van der Waals surface area contributed by atoms with Crippen molar-refractivity contribution in [3.8, 4) is 35.2 Å². The third kappa shape index (κ3) is 3.75. The Labute approximate surface area is 293 Å². The highest BCUT2D eigenvalue weighted by Crippen LogP contribution is 2.63. The molecule has 0 bridgehead atoms. The van der Waals surface area contributed by atoms with Gasteiger partial charge in [0.05, 0.1) is 62.7 Å². The van der Waals surface area contributed by atoms with Crippen LogP contribution in [0.4, 0.5) is 17.2 Å². The van der Waals surface area contributed by atoms with E-state index in [-0.39, 0.29) is 0 Å². The van der Waals surface area contributed by atoms with Gasteiger partial charge in [0.2, 0.25) is 0 Å². The number of nitrogens with zero attached hydrogens (tertiary/aromatic N) is 6.